The number of carbonyl (C=O) groups excluding carboxylic acids is 3. The number of anilines is 2. The van der Waals surface area contributed by atoms with Crippen molar-refractivity contribution in [3.63, 3.8) is 0 Å². The summed E-state index contributed by atoms with van der Waals surface area (Å²) in [7, 11) is 0. The molecule has 8 nitrogen and oxygen atoms in total. The third-order valence-corrected chi connectivity index (χ3v) is 5.42. The summed E-state index contributed by atoms with van der Waals surface area (Å²) in [5, 5.41) is 5.51. The average Bonchev–Trinajstić information content (AvgIpc) is 2.90. The lowest BCUT2D eigenvalue weighted by Crippen LogP contribution is -2.25. The Kier molecular flexibility index (Phi) is 7.85. The fraction of sp³-hybridized carbons (Fsp3) is 0.250. The summed E-state index contributed by atoms with van der Waals surface area (Å²) in [4.78, 5) is 38.2. The van der Waals surface area contributed by atoms with Gasteiger partial charge < -0.3 is 24.8 Å². The Balaban J connectivity index is 1.58. The molecule has 0 saturated carbocycles. The molecule has 0 bridgehead atoms. The van der Waals surface area contributed by atoms with E-state index >= 15 is 0 Å². The first-order chi connectivity index (χ1) is 17.5. The van der Waals surface area contributed by atoms with Crippen LogP contribution in [0.4, 0.5) is 11.4 Å². The minimum absolute atomic E-state index is 0.0505. The van der Waals surface area contributed by atoms with Crippen molar-refractivity contribution >= 4 is 29.0 Å². The predicted octanol–water partition coefficient (Wildman–Crippen LogP) is 5.08. The van der Waals surface area contributed by atoms with Gasteiger partial charge in [-0.1, -0.05) is 32.0 Å². The van der Waals surface area contributed by atoms with Crippen LogP contribution in [0.25, 0.3) is 0 Å². The summed E-state index contributed by atoms with van der Waals surface area (Å²) in [6, 6.07) is 16.6. The standard InChI is InChI=1S/C28H28N2O6/c1-3-13-34-24-11-9-18(15-25(24)35-14-4-2)27(32)20-7-5-6-8-21(20)28(33)29-19-10-12-23-22(16-19)30-26(31)17-36-23/h5-12,15-16H,3-4,13-14,17H2,1-2H3,(H,29,33)(H,30,31). The molecule has 0 atom stereocenters. The van der Waals surface area contributed by atoms with Gasteiger partial charge in [-0.25, -0.2) is 0 Å². The van der Waals surface area contributed by atoms with Gasteiger partial charge in [0.1, 0.15) is 5.75 Å². The van der Waals surface area contributed by atoms with E-state index in [4.69, 9.17) is 14.2 Å². The number of ketones is 1. The van der Waals surface area contributed by atoms with Crippen molar-refractivity contribution in [2.45, 2.75) is 26.7 Å². The number of ether oxygens (including phenoxy) is 3. The van der Waals surface area contributed by atoms with Crippen molar-refractivity contribution in [3.05, 3.63) is 77.4 Å². The van der Waals surface area contributed by atoms with E-state index in [0.29, 0.717) is 47.4 Å². The zero-order valence-corrected chi connectivity index (χ0v) is 20.3. The zero-order chi connectivity index (χ0) is 25.5. The Labute approximate surface area is 209 Å². The highest BCUT2D eigenvalue weighted by Crippen LogP contribution is 2.32. The third-order valence-electron chi connectivity index (χ3n) is 5.42. The van der Waals surface area contributed by atoms with E-state index in [0.717, 1.165) is 12.8 Å². The molecule has 36 heavy (non-hydrogen) atoms. The molecular formula is C28H28N2O6. The van der Waals surface area contributed by atoms with E-state index < -0.39 is 5.91 Å². The molecule has 2 amide bonds. The van der Waals surface area contributed by atoms with Gasteiger partial charge in [-0.3, -0.25) is 14.4 Å². The summed E-state index contributed by atoms with van der Waals surface area (Å²) in [5.74, 6) is 0.571. The van der Waals surface area contributed by atoms with Crippen LogP contribution >= 0.6 is 0 Å². The van der Waals surface area contributed by atoms with Gasteiger partial charge in [-0.05, 0) is 55.3 Å². The molecule has 0 fully saturated rings. The molecular weight excluding hydrogens is 460 g/mol. The largest absolute Gasteiger partial charge is 0.490 e. The Morgan fingerprint density at radius 2 is 1.64 bits per heavy atom. The number of rotatable bonds is 10. The van der Waals surface area contributed by atoms with Crippen molar-refractivity contribution in [2.24, 2.45) is 0 Å². The fourth-order valence-electron chi connectivity index (χ4n) is 3.70. The molecule has 0 radical (unpaired) electrons. The van der Waals surface area contributed by atoms with Crippen LogP contribution in [0, 0.1) is 0 Å². The number of amides is 2. The van der Waals surface area contributed by atoms with Crippen LogP contribution in [0.3, 0.4) is 0 Å². The highest BCUT2D eigenvalue weighted by Gasteiger charge is 2.21. The van der Waals surface area contributed by atoms with Crippen LogP contribution in [0.5, 0.6) is 17.2 Å². The van der Waals surface area contributed by atoms with Crippen molar-refractivity contribution in [1.82, 2.24) is 0 Å². The first kappa shape index (κ1) is 24.8. The van der Waals surface area contributed by atoms with Crippen molar-refractivity contribution in [1.29, 1.82) is 0 Å². The second kappa shape index (κ2) is 11.4. The van der Waals surface area contributed by atoms with Gasteiger partial charge in [0.05, 0.1) is 24.5 Å². The maximum absolute atomic E-state index is 13.5. The normalized spacial score (nSPS) is 12.1. The Bertz CT molecular complexity index is 1290. The minimum Gasteiger partial charge on any atom is -0.490 e. The molecule has 0 aromatic heterocycles. The highest BCUT2D eigenvalue weighted by atomic mass is 16.5. The molecule has 1 aliphatic heterocycles. The smallest absolute Gasteiger partial charge is 0.262 e. The van der Waals surface area contributed by atoms with E-state index in [1.54, 1.807) is 60.7 Å². The third kappa shape index (κ3) is 5.66. The molecule has 186 valence electrons. The second-order valence-electron chi connectivity index (χ2n) is 8.24. The van der Waals surface area contributed by atoms with Gasteiger partial charge in [-0.2, -0.15) is 0 Å². The van der Waals surface area contributed by atoms with E-state index in [1.165, 1.54) is 0 Å². The van der Waals surface area contributed by atoms with Crippen LogP contribution < -0.4 is 24.8 Å². The van der Waals surface area contributed by atoms with Crippen LogP contribution in [-0.4, -0.2) is 37.4 Å². The van der Waals surface area contributed by atoms with E-state index in [2.05, 4.69) is 10.6 Å². The molecule has 3 aromatic carbocycles. The number of nitrogens with one attached hydrogen (secondary N) is 2. The monoisotopic (exact) mass is 488 g/mol. The minimum atomic E-state index is -0.452. The number of carbonyl (C=O) groups is 3. The molecule has 8 heteroatoms. The lowest BCUT2D eigenvalue weighted by atomic mass is 9.97. The average molecular weight is 489 g/mol. The van der Waals surface area contributed by atoms with Crippen molar-refractivity contribution in [2.75, 3.05) is 30.5 Å². The zero-order valence-electron chi connectivity index (χ0n) is 20.3. The molecule has 4 rings (SSSR count). The summed E-state index contributed by atoms with van der Waals surface area (Å²) in [5.41, 5.74) is 1.80. The van der Waals surface area contributed by atoms with Gasteiger partial charge in [-0.15, -0.1) is 0 Å². The van der Waals surface area contributed by atoms with E-state index in [-0.39, 0.29) is 29.4 Å². The number of hydrogen-bond acceptors (Lipinski definition) is 6. The SMILES string of the molecule is CCCOc1ccc(C(=O)c2ccccc2C(=O)Nc2ccc3c(c2)NC(=O)CO3)cc1OCCC. The van der Waals surface area contributed by atoms with Crippen LogP contribution in [0.2, 0.25) is 0 Å². The first-order valence-electron chi connectivity index (χ1n) is 11.9. The van der Waals surface area contributed by atoms with Gasteiger partial charge in [0, 0.05) is 16.8 Å². The topological polar surface area (TPSA) is 103 Å². The van der Waals surface area contributed by atoms with Gasteiger partial charge in [0.25, 0.3) is 11.8 Å². The molecule has 1 aliphatic rings. The molecule has 0 spiro atoms. The Morgan fingerprint density at radius 1 is 0.917 bits per heavy atom. The fourth-order valence-corrected chi connectivity index (χ4v) is 3.70. The summed E-state index contributed by atoms with van der Waals surface area (Å²) in [6.45, 7) is 4.99. The Morgan fingerprint density at radius 3 is 2.39 bits per heavy atom. The lowest BCUT2D eigenvalue weighted by molar-refractivity contribution is -0.118. The van der Waals surface area contributed by atoms with Gasteiger partial charge in [0.15, 0.2) is 23.9 Å². The first-order valence-corrected chi connectivity index (χ1v) is 11.9. The number of fused-ring (bicyclic) bond motifs is 1. The molecule has 2 N–H and O–H groups in total. The maximum Gasteiger partial charge on any atom is 0.262 e. The molecule has 0 unspecified atom stereocenters. The van der Waals surface area contributed by atoms with Crippen LogP contribution in [0.1, 0.15) is 53.0 Å². The van der Waals surface area contributed by atoms with Crippen molar-refractivity contribution < 1.29 is 28.6 Å². The summed E-state index contributed by atoms with van der Waals surface area (Å²) < 4.78 is 16.9. The maximum atomic E-state index is 13.5. The van der Waals surface area contributed by atoms with Crippen LogP contribution in [-0.2, 0) is 4.79 Å². The molecule has 3 aromatic rings. The predicted molar refractivity (Wildman–Crippen MR) is 136 cm³/mol. The van der Waals surface area contributed by atoms with E-state index in [9.17, 15) is 14.4 Å². The number of hydrogen-bond donors (Lipinski definition) is 2. The molecule has 0 saturated heterocycles. The molecule has 0 aliphatic carbocycles. The summed E-state index contributed by atoms with van der Waals surface area (Å²) >= 11 is 0. The highest BCUT2D eigenvalue weighted by molar-refractivity contribution is 6.18. The molecule has 1 heterocycles. The second-order valence-corrected chi connectivity index (χ2v) is 8.24. The van der Waals surface area contributed by atoms with Gasteiger partial charge in [0.2, 0.25) is 0 Å². The summed E-state index contributed by atoms with van der Waals surface area (Å²) in [6.07, 6.45) is 1.66. The lowest BCUT2D eigenvalue weighted by Gasteiger charge is -2.19. The van der Waals surface area contributed by atoms with E-state index in [1.807, 2.05) is 13.8 Å². The number of benzene rings is 3. The quantitative estimate of drug-likeness (QED) is 0.386. The van der Waals surface area contributed by atoms with Crippen molar-refractivity contribution in [3.8, 4) is 17.2 Å². The Hall–Kier alpha value is -4.33. The van der Waals surface area contributed by atoms with Crippen LogP contribution in [0.15, 0.2) is 60.7 Å². The van der Waals surface area contributed by atoms with Gasteiger partial charge >= 0.3 is 0 Å².